The van der Waals surface area contributed by atoms with Crippen LogP contribution in [0.4, 0.5) is 0 Å². The summed E-state index contributed by atoms with van der Waals surface area (Å²) in [6, 6.07) is 15.3. The minimum absolute atomic E-state index is 0.00633. The van der Waals surface area contributed by atoms with E-state index in [0.29, 0.717) is 37.7 Å². The van der Waals surface area contributed by atoms with Crippen LogP contribution in [0.3, 0.4) is 0 Å². The lowest BCUT2D eigenvalue weighted by atomic mass is 10.0. The molecule has 1 aliphatic rings. The summed E-state index contributed by atoms with van der Waals surface area (Å²) in [5.74, 6) is 2.17. The lowest BCUT2D eigenvalue weighted by molar-refractivity contribution is -0.122. The predicted octanol–water partition coefficient (Wildman–Crippen LogP) is 3.49. The third-order valence-corrected chi connectivity index (χ3v) is 4.03. The van der Waals surface area contributed by atoms with Crippen LogP contribution in [0, 0.1) is 0 Å². The first-order valence-electron chi connectivity index (χ1n) is 8.63. The van der Waals surface area contributed by atoms with Crippen LogP contribution in [0.1, 0.15) is 31.4 Å². The number of rotatable bonds is 7. The Morgan fingerprint density at radius 2 is 1.84 bits per heavy atom. The fourth-order valence-electron chi connectivity index (χ4n) is 2.86. The second kappa shape index (κ2) is 8.42. The molecule has 0 saturated heterocycles. The first-order valence-corrected chi connectivity index (χ1v) is 8.63. The van der Waals surface area contributed by atoms with Crippen molar-refractivity contribution < 1.29 is 19.0 Å². The Kier molecular flexibility index (Phi) is 5.77. The molecule has 2 aromatic rings. The first-order chi connectivity index (χ1) is 12.3. The molecule has 5 nitrogen and oxygen atoms in total. The molecule has 25 heavy (non-hydrogen) atoms. The summed E-state index contributed by atoms with van der Waals surface area (Å²) < 4.78 is 16.8. The van der Waals surface area contributed by atoms with E-state index in [0.717, 1.165) is 17.7 Å². The molecular formula is C20H23NO4. The number of hydrogen-bond donors (Lipinski definition) is 1. The van der Waals surface area contributed by atoms with Crippen molar-refractivity contribution in [2.45, 2.75) is 25.8 Å². The Morgan fingerprint density at radius 1 is 1.12 bits per heavy atom. The molecule has 0 aromatic heterocycles. The maximum Gasteiger partial charge on any atom is 0.223 e. The highest BCUT2D eigenvalue weighted by Crippen LogP contribution is 2.31. The Hall–Kier alpha value is -2.69. The molecule has 0 saturated carbocycles. The highest BCUT2D eigenvalue weighted by atomic mass is 16.5. The van der Waals surface area contributed by atoms with E-state index < -0.39 is 0 Å². The summed E-state index contributed by atoms with van der Waals surface area (Å²) in [7, 11) is 0. The summed E-state index contributed by atoms with van der Waals surface area (Å²) >= 11 is 0. The minimum atomic E-state index is -0.0319. The fraction of sp³-hybridized carbons (Fsp3) is 0.350. The van der Waals surface area contributed by atoms with E-state index in [2.05, 4.69) is 5.32 Å². The molecule has 132 valence electrons. The zero-order chi connectivity index (χ0) is 17.5. The fourth-order valence-corrected chi connectivity index (χ4v) is 2.86. The summed E-state index contributed by atoms with van der Waals surface area (Å²) in [6.45, 7) is 3.42. The highest BCUT2D eigenvalue weighted by molar-refractivity contribution is 5.76. The lowest BCUT2D eigenvalue weighted by Crippen LogP contribution is -2.32. The van der Waals surface area contributed by atoms with Gasteiger partial charge in [0.15, 0.2) is 11.5 Å². The molecule has 0 fully saturated rings. The normalized spacial score (nSPS) is 15.6. The van der Waals surface area contributed by atoms with Gasteiger partial charge in [0.2, 0.25) is 5.91 Å². The van der Waals surface area contributed by atoms with E-state index in [-0.39, 0.29) is 11.9 Å². The zero-order valence-corrected chi connectivity index (χ0v) is 14.4. The number of benzene rings is 2. The van der Waals surface area contributed by atoms with Crippen LogP contribution in [-0.2, 0) is 4.79 Å². The average molecular weight is 341 g/mol. The van der Waals surface area contributed by atoms with Crippen molar-refractivity contribution >= 4 is 5.91 Å². The van der Waals surface area contributed by atoms with E-state index in [4.69, 9.17) is 14.2 Å². The van der Waals surface area contributed by atoms with Crippen molar-refractivity contribution in [1.82, 2.24) is 5.32 Å². The minimum Gasteiger partial charge on any atom is -0.493 e. The van der Waals surface area contributed by atoms with Gasteiger partial charge in [-0.15, -0.1) is 0 Å². The number of nitrogens with one attached hydrogen (secondary N) is 1. The second-order valence-corrected chi connectivity index (χ2v) is 5.77. The van der Waals surface area contributed by atoms with E-state index in [1.807, 2.05) is 55.5 Å². The molecule has 2 aromatic carbocycles. The van der Waals surface area contributed by atoms with Gasteiger partial charge in [-0.2, -0.15) is 0 Å². The molecule has 1 N–H and O–H groups in total. The van der Waals surface area contributed by atoms with E-state index >= 15 is 0 Å². The van der Waals surface area contributed by atoms with Gasteiger partial charge in [0, 0.05) is 12.0 Å². The van der Waals surface area contributed by atoms with Gasteiger partial charge in [-0.3, -0.25) is 4.79 Å². The molecular weight excluding hydrogens is 318 g/mol. The third kappa shape index (κ3) is 4.44. The van der Waals surface area contributed by atoms with E-state index in [9.17, 15) is 4.79 Å². The van der Waals surface area contributed by atoms with Gasteiger partial charge >= 0.3 is 0 Å². The van der Waals surface area contributed by atoms with Gasteiger partial charge in [0.1, 0.15) is 5.75 Å². The Balaban J connectivity index is 1.51. The quantitative estimate of drug-likeness (QED) is 0.837. The molecule has 0 spiro atoms. The van der Waals surface area contributed by atoms with E-state index in [1.54, 1.807) is 0 Å². The number of carbonyl (C=O) groups excluding carboxylic acids is 1. The molecule has 5 heteroatoms. The highest BCUT2D eigenvalue weighted by Gasteiger charge is 2.22. The summed E-state index contributed by atoms with van der Waals surface area (Å²) in [6.07, 6.45) is 1.07. The number of para-hydroxylation sites is 3. The van der Waals surface area contributed by atoms with Crippen LogP contribution < -0.4 is 19.5 Å². The van der Waals surface area contributed by atoms with Gasteiger partial charge < -0.3 is 19.5 Å². The van der Waals surface area contributed by atoms with Crippen molar-refractivity contribution in [3.05, 3.63) is 54.1 Å². The number of amides is 1. The smallest absolute Gasteiger partial charge is 0.223 e. The molecule has 0 bridgehead atoms. The van der Waals surface area contributed by atoms with Crippen molar-refractivity contribution in [3.63, 3.8) is 0 Å². The maximum atomic E-state index is 12.3. The van der Waals surface area contributed by atoms with Gasteiger partial charge in [-0.1, -0.05) is 30.3 Å². The van der Waals surface area contributed by atoms with Crippen molar-refractivity contribution in [2.24, 2.45) is 0 Å². The monoisotopic (exact) mass is 341 g/mol. The Bertz CT molecular complexity index is 716. The molecule has 0 unspecified atom stereocenters. The van der Waals surface area contributed by atoms with Gasteiger partial charge in [-0.05, 0) is 25.1 Å². The molecule has 0 radical (unpaired) electrons. The van der Waals surface area contributed by atoms with Crippen LogP contribution >= 0.6 is 0 Å². The molecule has 1 atom stereocenters. The van der Waals surface area contributed by atoms with Crippen LogP contribution in [0.15, 0.2) is 48.5 Å². The van der Waals surface area contributed by atoms with Crippen LogP contribution in [0.2, 0.25) is 0 Å². The summed E-state index contributed by atoms with van der Waals surface area (Å²) in [4.78, 5) is 12.3. The van der Waals surface area contributed by atoms with Crippen molar-refractivity contribution in [1.29, 1.82) is 0 Å². The van der Waals surface area contributed by atoms with Crippen LogP contribution in [0.25, 0.3) is 0 Å². The lowest BCUT2D eigenvalue weighted by Gasteiger charge is -2.26. The topological polar surface area (TPSA) is 56.8 Å². The molecule has 1 amide bonds. The van der Waals surface area contributed by atoms with Crippen molar-refractivity contribution in [3.8, 4) is 17.2 Å². The molecule has 1 aliphatic heterocycles. The third-order valence-electron chi connectivity index (χ3n) is 4.03. The standard InChI is InChI=1S/C20H23NO4/c1-2-23-18-9-5-6-10-19(18)25-14-12-20(22)21-16-11-13-24-17-8-4-3-7-15(16)17/h3-10,16H,2,11-14H2,1H3,(H,21,22)/t16-/m1/s1. The molecule has 0 aliphatic carbocycles. The largest absolute Gasteiger partial charge is 0.493 e. The first kappa shape index (κ1) is 17.1. The maximum absolute atomic E-state index is 12.3. The number of hydrogen-bond acceptors (Lipinski definition) is 4. The number of fused-ring (bicyclic) bond motifs is 1. The SMILES string of the molecule is CCOc1ccccc1OCCC(=O)N[C@@H]1CCOc2ccccc21. The Morgan fingerprint density at radius 3 is 2.64 bits per heavy atom. The van der Waals surface area contributed by atoms with Gasteiger partial charge in [0.25, 0.3) is 0 Å². The number of ether oxygens (including phenoxy) is 3. The summed E-state index contributed by atoms with van der Waals surface area (Å²) in [5, 5.41) is 3.07. The van der Waals surface area contributed by atoms with Gasteiger partial charge in [-0.25, -0.2) is 0 Å². The van der Waals surface area contributed by atoms with Crippen molar-refractivity contribution in [2.75, 3.05) is 19.8 Å². The second-order valence-electron chi connectivity index (χ2n) is 5.77. The molecule has 3 rings (SSSR count). The zero-order valence-electron chi connectivity index (χ0n) is 14.4. The van der Waals surface area contributed by atoms with E-state index in [1.165, 1.54) is 0 Å². The van der Waals surface area contributed by atoms with Crippen LogP contribution in [-0.4, -0.2) is 25.7 Å². The predicted molar refractivity (Wildman–Crippen MR) is 95.2 cm³/mol. The Labute approximate surface area is 147 Å². The van der Waals surface area contributed by atoms with Gasteiger partial charge in [0.05, 0.1) is 32.3 Å². The van der Waals surface area contributed by atoms with Crippen LogP contribution in [0.5, 0.6) is 17.2 Å². The summed E-state index contributed by atoms with van der Waals surface area (Å²) in [5.41, 5.74) is 1.03. The average Bonchev–Trinajstić information content (AvgIpc) is 2.64. The number of carbonyl (C=O) groups is 1. The molecule has 1 heterocycles.